The van der Waals surface area contributed by atoms with Crippen molar-refractivity contribution in [3.63, 3.8) is 0 Å². The molecule has 3 aromatic rings. The van der Waals surface area contributed by atoms with Gasteiger partial charge in [0.05, 0.1) is 23.4 Å². The summed E-state index contributed by atoms with van der Waals surface area (Å²) < 4.78 is 18.5. The third-order valence-corrected chi connectivity index (χ3v) is 7.01. The van der Waals surface area contributed by atoms with E-state index in [-0.39, 0.29) is 0 Å². The Morgan fingerprint density at radius 3 is 2.45 bits per heavy atom. The predicted molar refractivity (Wildman–Crippen MR) is 123 cm³/mol. The van der Waals surface area contributed by atoms with Crippen LogP contribution in [0.25, 0.3) is 10.2 Å². The van der Waals surface area contributed by atoms with Crippen molar-refractivity contribution >= 4 is 21.6 Å². The van der Waals surface area contributed by atoms with E-state index in [4.69, 9.17) is 14.2 Å². The van der Waals surface area contributed by atoms with Crippen LogP contribution in [0.2, 0.25) is 0 Å². The van der Waals surface area contributed by atoms with Crippen LogP contribution in [0, 0.1) is 0 Å². The minimum absolute atomic E-state index is 0.662. The van der Waals surface area contributed by atoms with E-state index in [1.807, 2.05) is 42.5 Å². The lowest BCUT2D eigenvalue weighted by atomic mass is 10.0. The summed E-state index contributed by atoms with van der Waals surface area (Å²) in [5.41, 5.74) is 0.969. The molecule has 0 atom stereocenters. The van der Waals surface area contributed by atoms with Crippen LogP contribution in [0.1, 0.15) is 12.8 Å². The highest BCUT2D eigenvalue weighted by molar-refractivity contribution is 7.20. The Labute approximate surface area is 187 Å². The number of piperidine rings is 1. The summed E-state index contributed by atoms with van der Waals surface area (Å²) in [5.74, 6) is 1.65. The van der Waals surface area contributed by atoms with Crippen LogP contribution in [0.5, 0.6) is 16.7 Å². The molecule has 7 heteroatoms. The van der Waals surface area contributed by atoms with Crippen molar-refractivity contribution in [1.82, 2.24) is 14.8 Å². The molecule has 2 aliphatic rings. The molecule has 0 unspecified atom stereocenters. The van der Waals surface area contributed by atoms with Gasteiger partial charge in [0.25, 0.3) is 5.19 Å². The first-order chi connectivity index (χ1) is 15.3. The summed E-state index contributed by atoms with van der Waals surface area (Å²) in [6.07, 6.45) is 2.50. The highest BCUT2D eigenvalue weighted by atomic mass is 32.1. The minimum atomic E-state index is 0.662. The fourth-order valence-corrected chi connectivity index (χ4v) is 5.18. The SMILES string of the molecule is c1ccc2sc(Oc3ccc(OCCN4CCC(N5CCOCC5)CC4)cc3)nc2c1. The van der Waals surface area contributed by atoms with Gasteiger partial charge in [-0.3, -0.25) is 9.80 Å². The third-order valence-electron chi connectivity index (χ3n) is 6.10. The highest BCUT2D eigenvalue weighted by Gasteiger charge is 2.25. The van der Waals surface area contributed by atoms with E-state index in [1.165, 1.54) is 12.8 Å². The number of fused-ring (bicyclic) bond motifs is 1. The number of rotatable bonds is 7. The van der Waals surface area contributed by atoms with Crippen molar-refractivity contribution in [2.45, 2.75) is 18.9 Å². The lowest BCUT2D eigenvalue weighted by Gasteiger charge is -2.40. The Morgan fingerprint density at radius 1 is 0.935 bits per heavy atom. The first kappa shape index (κ1) is 20.7. The summed E-state index contributed by atoms with van der Waals surface area (Å²) in [5, 5.41) is 0.662. The molecule has 0 bridgehead atoms. The molecule has 0 amide bonds. The maximum absolute atomic E-state index is 5.97. The molecule has 31 heavy (non-hydrogen) atoms. The standard InChI is InChI=1S/C24H29N3O3S/c1-2-4-23-22(3-1)25-24(31-23)30-21-7-5-20(6-8-21)29-18-13-26-11-9-19(10-12-26)27-14-16-28-17-15-27/h1-8,19H,9-18H2. The highest BCUT2D eigenvalue weighted by Crippen LogP contribution is 2.31. The molecule has 2 aromatic carbocycles. The van der Waals surface area contributed by atoms with Gasteiger partial charge in [-0.2, -0.15) is 0 Å². The summed E-state index contributed by atoms with van der Waals surface area (Å²) in [4.78, 5) is 9.64. The van der Waals surface area contributed by atoms with Gasteiger partial charge >= 0.3 is 0 Å². The van der Waals surface area contributed by atoms with Crippen LogP contribution in [0.3, 0.4) is 0 Å². The molecule has 0 spiro atoms. The van der Waals surface area contributed by atoms with E-state index >= 15 is 0 Å². The summed E-state index contributed by atoms with van der Waals surface area (Å²) in [6, 6.07) is 16.6. The first-order valence-electron chi connectivity index (χ1n) is 11.1. The molecule has 5 rings (SSSR count). The number of hydrogen-bond acceptors (Lipinski definition) is 7. The summed E-state index contributed by atoms with van der Waals surface area (Å²) in [7, 11) is 0. The fraction of sp³-hybridized carbons (Fsp3) is 0.458. The molecule has 2 aliphatic heterocycles. The van der Waals surface area contributed by atoms with E-state index in [9.17, 15) is 0 Å². The molecule has 1 aromatic heterocycles. The Kier molecular flexibility index (Phi) is 6.65. The van der Waals surface area contributed by atoms with Crippen LogP contribution in [0.4, 0.5) is 0 Å². The Morgan fingerprint density at radius 2 is 1.68 bits per heavy atom. The van der Waals surface area contributed by atoms with Crippen molar-refractivity contribution in [2.24, 2.45) is 0 Å². The zero-order valence-corrected chi connectivity index (χ0v) is 18.6. The maximum atomic E-state index is 5.97. The lowest BCUT2D eigenvalue weighted by molar-refractivity contribution is 0.0000700. The van der Waals surface area contributed by atoms with Gasteiger partial charge in [-0.25, -0.2) is 4.98 Å². The minimum Gasteiger partial charge on any atom is -0.492 e. The van der Waals surface area contributed by atoms with Gasteiger partial charge in [0.2, 0.25) is 0 Å². The van der Waals surface area contributed by atoms with Crippen molar-refractivity contribution in [3.05, 3.63) is 48.5 Å². The lowest BCUT2D eigenvalue weighted by Crippen LogP contribution is -2.49. The van der Waals surface area contributed by atoms with Gasteiger partial charge < -0.3 is 14.2 Å². The number of morpholine rings is 1. The average Bonchev–Trinajstić information content (AvgIpc) is 3.24. The number of aromatic nitrogens is 1. The summed E-state index contributed by atoms with van der Waals surface area (Å²) in [6.45, 7) is 7.94. The molecule has 3 heterocycles. The topological polar surface area (TPSA) is 47.1 Å². The van der Waals surface area contributed by atoms with Gasteiger partial charge in [-0.1, -0.05) is 23.5 Å². The fourth-order valence-electron chi connectivity index (χ4n) is 4.34. The monoisotopic (exact) mass is 439 g/mol. The Hall–Kier alpha value is -2.19. The van der Waals surface area contributed by atoms with E-state index in [0.29, 0.717) is 11.8 Å². The van der Waals surface area contributed by atoms with Crippen molar-refractivity contribution in [3.8, 4) is 16.7 Å². The average molecular weight is 440 g/mol. The van der Waals surface area contributed by atoms with Gasteiger partial charge in [0, 0.05) is 25.7 Å². The molecule has 6 nitrogen and oxygen atoms in total. The van der Waals surface area contributed by atoms with Crippen LogP contribution in [0.15, 0.2) is 48.5 Å². The zero-order valence-electron chi connectivity index (χ0n) is 17.7. The second-order valence-electron chi connectivity index (χ2n) is 8.09. The largest absolute Gasteiger partial charge is 0.492 e. The smallest absolute Gasteiger partial charge is 0.279 e. The Balaban J connectivity index is 1.05. The van der Waals surface area contributed by atoms with Gasteiger partial charge in [0.1, 0.15) is 18.1 Å². The first-order valence-corrected chi connectivity index (χ1v) is 12.0. The van der Waals surface area contributed by atoms with Crippen LogP contribution in [-0.2, 0) is 4.74 Å². The predicted octanol–water partition coefficient (Wildman–Crippen LogP) is 4.26. The van der Waals surface area contributed by atoms with E-state index in [2.05, 4.69) is 20.9 Å². The normalized spacial score (nSPS) is 19.0. The van der Waals surface area contributed by atoms with Crippen LogP contribution in [-0.4, -0.2) is 73.4 Å². The van der Waals surface area contributed by atoms with E-state index in [0.717, 1.165) is 73.7 Å². The third kappa shape index (κ3) is 5.36. The number of para-hydroxylation sites is 1. The van der Waals surface area contributed by atoms with Gasteiger partial charge in [0.15, 0.2) is 0 Å². The molecule has 2 fully saturated rings. The molecule has 164 valence electrons. The maximum Gasteiger partial charge on any atom is 0.279 e. The molecule has 0 radical (unpaired) electrons. The van der Waals surface area contributed by atoms with Crippen molar-refractivity contribution in [1.29, 1.82) is 0 Å². The molecule has 0 N–H and O–H groups in total. The molecule has 0 saturated carbocycles. The number of hydrogen-bond donors (Lipinski definition) is 0. The molecule has 2 saturated heterocycles. The molecule has 0 aliphatic carbocycles. The Bertz CT molecular complexity index is 931. The van der Waals surface area contributed by atoms with Crippen molar-refractivity contribution in [2.75, 3.05) is 52.5 Å². The van der Waals surface area contributed by atoms with Crippen molar-refractivity contribution < 1.29 is 14.2 Å². The number of nitrogens with zero attached hydrogens (tertiary/aromatic N) is 3. The summed E-state index contributed by atoms with van der Waals surface area (Å²) >= 11 is 1.56. The van der Waals surface area contributed by atoms with Gasteiger partial charge in [-0.05, 0) is 62.3 Å². The van der Waals surface area contributed by atoms with Crippen LogP contribution < -0.4 is 9.47 Å². The van der Waals surface area contributed by atoms with E-state index < -0.39 is 0 Å². The molecular weight excluding hydrogens is 410 g/mol. The number of benzene rings is 2. The zero-order chi connectivity index (χ0) is 20.9. The second kappa shape index (κ2) is 9.96. The quantitative estimate of drug-likeness (QED) is 0.548. The molecular formula is C24H29N3O3S. The van der Waals surface area contributed by atoms with Gasteiger partial charge in [-0.15, -0.1) is 0 Å². The second-order valence-corrected chi connectivity index (χ2v) is 9.08. The number of likely N-dealkylation sites (tertiary alicyclic amines) is 1. The number of ether oxygens (including phenoxy) is 3. The number of thiazole rings is 1. The van der Waals surface area contributed by atoms with E-state index in [1.54, 1.807) is 11.3 Å². The van der Waals surface area contributed by atoms with Crippen LogP contribution >= 0.6 is 11.3 Å².